The average molecular weight is 343 g/mol. The first-order valence-electron chi connectivity index (χ1n) is 6.49. The maximum Gasteiger partial charge on any atom is 0.264 e. The molecule has 0 radical (unpaired) electrons. The van der Waals surface area contributed by atoms with Crippen molar-refractivity contribution >= 4 is 15.7 Å². The summed E-state index contributed by atoms with van der Waals surface area (Å²) in [7, 11) is -1.66. The smallest absolute Gasteiger partial charge is 0.264 e. The topological polar surface area (TPSA) is 64.6 Å². The summed E-state index contributed by atoms with van der Waals surface area (Å²) in [6.07, 6.45) is 0. The zero-order chi connectivity index (χ0) is 17.2. The van der Waals surface area contributed by atoms with E-state index in [2.05, 4.69) is 4.72 Å². The van der Waals surface area contributed by atoms with Crippen molar-refractivity contribution in [3.8, 4) is 11.5 Å². The van der Waals surface area contributed by atoms with Crippen molar-refractivity contribution in [2.45, 2.75) is 11.8 Å². The third-order valence-electron chi connectivity index (χ3n) is 3.17. The number of methoxy groups -OCH3 is 2. The van der Waals surface area contributed by atoms with E-state index in [1.165, 1.54) is 26.4 Å². The summed E-state index contributed by atoms with van der Waals surface area (Å²) in [6, 6.07) is 5.55. The van der Waals surface area contributed by atoms with Gasteiger partial charge in [-0.3, -0.25) is 4.72 Å². The molecular weight excluding hydrogens is 328 g/mol. The van der Waals surface area contributed by atoms with E-state index < -0.39 is 26.6 Å². The van der Waals surface area contributed by atoms with Crippen molar-refractivity contribution in [3.05, 3.63) is 47.5 Å². The predicted molar refractivity (Wildman–Crippen MR) is 81.4 cm³/mol. The molecule has 0 saturated carbocycles. The maximum atomic E-state index is 14.1. The van der Waals surface area contributed by atoms with Gasteiger partial charge in [0.05, 0.1) is 19.9 Å². The van der Waals surface area contributed by atoms with E-state index in [0.717, 1.165) is 18.2 Å². The van der Waals surface area contributed by atoms with E-state index in [1.807, 2.05) is 0 Å². The number of rotatable bonds is 5. The predicted octanol–water partition coefficient (Wildman–Crippen LogP) is 3.09. The molecule has 0 fully saturated rings. The standard InChI is InChI=1S/C15H15F2NO4S/c1-9-4-5-10(16)6-12(9)18-23(19,20)15-8-14(22-3)13(21-2)7-11(15)17/h4-8,18H,1-3H3. The molecule has 0 aliphatic carbocycles. The van der Waals surface area contributed by atoms with Crippen LogP contribution in [-0.4, -0.2) is 22.6 Å². The largest absolute Gasteiger partial charge is 0.493 e. The lowest BCUT2D eigenvalue weighted by Crippen LogP contribution is -2.16. The Balaban J connectivity index is 2.49. The van der Waals surface area contributed by atoms with Crippen LogP contribution < -0.4 is 14.2 Å². The summed E-state index contributed by atoms with van der Waals surface area (Å²) in [5.41, 5.74) is 0.523. The highest BCUT2D eigenvalue weighted by Gasteiger charge is 2.23. The van der Waals surface area contributed by atoms with E-state index in [4.69, 9.17) is 9.47 Å². The van der Waals surface area contributed by atoms with E-state index in [1.54, 1.807) is 6.92 Å². The molecule has 0 atom stereocenters. The molecule has 0 aliphatic heterocycles. The molecule has 124 valence electrons. The van der Waals surface area contributed by atoms with Crippen LogP contribution in [0.1, 0.15) is 5.56 Å². The Bertz CT molecular complexity index is 838. The van der Waals surface area contributed by atoms with E-state index in [0.29, 0.717) is 5.56 Å². The zero-order valence-electron chi connectivity index (χ0n) is 12.7. The van der Waals surface area contributed by atoms with Crippen LogP contribution in [0.4, 0.5) is 14.5 Å². The Kier molecular flexibility index (Phi) is 4.74. The third-order valence-corrected chi connectivity index (χ3v) is 4.55. The molecule has 2 aromatic carbocycles. The van der Waals surface area contributed by atoms with Crippen molar-refractivity contribution in [1.82, 2.24) is 0 Å². The monoisotopic (exact) mass is 343 g/mol. The quantitative estimate of drug-likeness (QED) is 0.906. The van der Waals surface area contributed by atoms with Gasteiger partial charge in [-0.1, -0.05) is 6.07 Å². The van der Waals surface area contributed by atoms with Gasteiger partial charge in [-0.2, -0.15) is 0 Å². The lowest BCUT2D eigenvalue weighted by atomic mass is 10.2. The molecule has 0 heterocycles. The van der Waals surface area contributed by atoms with Crippen molar-refractivity contribution in [2.75, 3.05) is 18.9 Å². The molecule has 0 unspecified atom stereocenters. The molecule has 2 rings (SSSR count). The van der Waals surface area contributed by atoms with Crippen LogP contribution in [0.25, 0.3) is 0 Å². The van der Waals surface area contributed by atoms with Gasteiger partial charge in [0.2, 0.25) is 0 Å². The van der Waals surface area contributed by atoms with Gasteiger partial charge in [0.15, 0.2) is 11.5 Å². The fourth-order valence-electron chi connectivity index (χ4n) is 1.95. The number of hydrogen-bond donors (Lipinski definition) is 1. The summed E-state index contributed by atoms with van der Waals surface area (Å²) in [5, 5.41) is 0. The van der Waals surface area contributed by atoms with Crippen molar-refractivity contribution in [1.29, 1.82) is 0 Å². The number of benzene rings is 2. The van der Waals surface area contributed by atoms with Gasteiger partial charge in [-0.05, 0) is 24.6 Å². The highest BCUT2D eigenvalue weighted by atomic mass is 32.2. The Hall–Kier alpha value is -2.35. The molecule has 5 nitrogen and oxygen atoms in total. The van der Waals surface area contributed by atoms with Gasteiger partial charge in [0, 0.05) is 12.1 Å². The summed E-state index contributed by atoms with van der Waals surface area (Å²) in [5.74, 6) is -1.50. The Morgan fingerprint density at radius 1 is 1.00 bits per heavy atom. The Morgan fingerprint density at radius 3 is 2.22 bits per heavy atom. The van der Waals surface area contributed by atoms with Gasteiger partial charge < -0.3 is 9.47 Å². The van der Waals surface area contributed by atoms with Crippen LogP contribution in [0.5, 0.6) is 11.5 Å². The number of sulfonamides is 1. The van der Waals surface area contributed by atoms with Crippen LogP contribution in [0, 0.1) is 18.6 Å². The van der Waals surface area contributed by atoms with E-state index >= 15 is 0 Å². The molecule has 0 amide bonds. The molecule has 1 N–H and O–H groups in total. The van der Waals surface area contributed by atoms with Gasteiger partial charge in [0.1, 0.15) is 16.5 Å². The van der Waals surface area contributed by atoms with Gasteiger partial charge in [0.25, 0.3) is 10.0 Å². The zero-order valence-corrected chi connectivity index (χ0v) is 13.5. The average Bonchev–Trinajstić information content (AvgIpc) is 2.50. The molecule has 0 saturated heterocycles. The van der Waals surface area contributed by atoms with Gasteiger partial charge in [-0.25, -0.2) is 17.2 Å². The van der Waals surface area contributed by atoms with Crippen molar-refractivity contribution in [2.24, 2.45) is 0 Å². The Labute approximate surface area is 132 Å². The second-order valence-corrected chi connectivity index (χ2v) is 6.35. The second kappa shape index (κ2) is 6.41. The second-order valence-electron chi connectivity index (χ2n) is 4.70. The number of aryl methyl sites for hydroxylation is 1. The minimum atomic E-state index is -4.27. The summed E-state index contributed by atoms with van der Waals surface area (Å²) >= 11 is 0. The fourth-order valence-corrected chi connectivity index (χ4v) is 3.14. The van der Waals surface area contributed by atoms with Crippen LogP contribution in [0.2, 0.25) is 0 Å². The number of nitrogens with one attached hydrogen (secondary N) is 1. The summed E-state index contributed by atoms with van der Waals surface area (Å²) in [4.78, 5) is -0.626. The number of hydrogen-bond acceptors (Lipinski definition) is 4. The first-order chi connectivity index (χ1) is 10.8. The minimum Gasteiger partial charge on any atom is -0.493 e. The molecule has 8 heteroatoms. The molecule has 0 spiro atoms. The fraction of sp³-hybridized carbons (Fsp3) is 0.200. The number of halogens is 2. The number of ether oxygens (including phenoxy) is 2. The maximum absolute atomic E-state index is 14.1. The molecular formula is C15H15F2NO4S. The normalized spacial score (nSPS) is 11.2. The highest BCUT2D eigenvalue weighted by molar-refractivity contribution is 7.92. The minimum absolute atomic E-state index is 0.0270. The molecule has 0 bridgehead atoms. The summed E-state index contributed by atoms with van der Waals surface area (Å²) in [6.45, 7) is 1.60. The van der Waals surface area contributed by atoms with Crippen LogP contribution >= 0.6 is 0 Å². The molecule has 0 aliphatic rings. The van der Waals surface area contributed by atoms with Crippen LogP contribution in [-0.2, 0) is 10.0 Å². The number of anilines is 1. The van der Waals surface area contributed by atoms with Crippen LogP contribution in [0.15, 0.2) is 35.2 Å². The van der Waals surface area contributed by atoms with Gasteiger partial charge in [-0.15, -0.1) is 0 Å². The van der Waals surface area contributed by atoms with E-state index in [-0.39, 0.29) is 17.2 Å². The third kappa shape index (κ3) is 3.53. The van der Waals surface area contributed by atoms with Crippen molar-refractivity contribution < 1.29 is 26.7 Å². The summed E-state index contributed by atoms with van der Waals surface area (Å²) < 4.78 is 64.2. The first-order valence-corrected chi connectivity index (χ1v) is 7.97. The molecule has 0 aromatic heterocycles. The SMILES string of the molecule is COc1cc(F)c(S(=O)(=O)Nc2cc(F)ccc2C)cc1OC. The lowest BCUT2D eigenvalue weighted by Gasteiger charge is -2.14. The molecule has 23 heavy (non-hydrogen) atoms. The van der Waals surface area contributed by atoms with Crippen LogP contribution in [0.3, 0.4) is 0 Å². The van der Waals surface area contributed by atoms with E-state index in [9.17, 15) is 17.2 Å². The molecule has 2 aromatic rings. The first kappa shape index (κ1) is 17.0. The van der Waals surface area contributed by atoms with Crippen molar-refractivity contribution in [3.63, 3.8) is 0 Å². The van der Waals surface area contributed by atoms with Gasteiger partial charge >= 0.3 is 0 Å². The Morgan fingerprint density at radius 2 is 1.61 bits per heavy atom. The lowest BCUT2D eigenvalue weighted by molar-refractivity contribution is 0.350. The highest BCUT2D eigenvalue weighted by Crippen LogP contribution is 2.33.